The Bertz CT molecular complexity index is 553. The maximum absolute atomic E-state index is 11.5. The average Bonchev–Trinajstić information content (AvgIpc) is 2.87. The van der Waals surface area contributed by atoms with E-state index in [1.165, 1.54) is 5.17 Å². The molecule has 0 amide bonds. The molecule has 0 fully saturated rings. The highest BCUT2D eigenvalue weighted by atomic mass is 35.5. The fourth-order valence-electron chi connectivity index (χ4n) is 1.64. The number of carbonyl (C=O) groups excluding carboxylic acids is 1. The van der Waals surface area contributed by atoms with Crippen molar-refractivity contribution in [1.29, 1.82) is 0 Å². The van der Waals surface area contributed by atoms with Gasteiger partial charge in [0.25, 0.3) is 0 Å². The largest absolute Gasteiger partial charge is 0.464 e. The quantitative estimate of drug-likeness (QED) is 0.837. The molecule has 1 atom stereocenters. The summed E-state index contributed by atoms with van der Waals surface area (Å²) in [7, 11) is 0. The molecule has 6 nitrogen and oxygen atoms in total. The molecule has 1 aromatic carbocycles. The zero-order valence-electron chi connectivity index (χ0n) is 11.5. The second kappa shape index (κ2) is 7.00. The summed E-state index contributed by atoms with van der Waals surface area (Å²) in [5.41, 5.74) is 3.59. The van der Waals surface area contributed by atoms with Crippen molar-refractivity contribution in [3.8, 4) is 0 Å². The molecule has 0 bridgehead atoms. The predicted octanol–water partition coefficient (Wildman–Crippen LogP) is 2.89. The van der Waals surface area contributed by atoms with Gasteiger partial charge in [0.2, 0.25) is 0 Å². The number of carbonyl (C=O) groups is 1. The van der Waals surface area contributed by atoms with Gasteiger partial charge < -0.3 is 4.74 Å². The molecule has 1 heterocycles. The number of halogens is 2. The molecule has 8 heteroatoms. The average molecular weight is 332 g/mol. The Hall–Kier alpha value is -1.47. The van der Waals surface area contributed by atoms with Crippen LogP contribution in [-0.4, -0.2) is 23.9 Å². The van der Waals surface area contributed by atoms with Crippen molar-refractivity contribution in [2.75, 3.05) is 11.6 Å². The monoisotopic (exact) mass is 331 g/mol. The summed E-state index contributed by atoms with van der Waals surface area (Å²) in [4.78, 5) is 16.9. The smallest absolute Gasteiger partial charge is 0.337 e. The summed E-state index contributed by atoms with van der Waals surface area (Å²) in [6, 6.07) is 5.13. The number of hydrogen-bond acceptors (Lipinski definition) is 6. The Morgan fingerprint density at radius 3 is 2.81 bits per heavy atom. The Morgan fingerprint density at radius 1 is 1.38 bits per heavy atom. The van der Waals surface area contributed by atoms with Gasteiger partial charge in [-0.15, -0.1) is 5.53 Å². The molecule has 0 saturated heterocycles. The van der Waals surface area contributed by atoms with E-state index in [1.807, 2.05) is 0 Å². The minimum atomic E-state index is -0.734. The second-order valence-electron chi connectivity index (χ2n) is 4.19. The summed E-state index contributed by atoms with van der Waals surface area (Å²) in [5.74, 6) is -0.435. The van der Waals surface area contributed by atoms with Crippen LogP contribution in [-0.2, 0) is 14.4 Å². The molecule has 21 heavy (non-hydrogen) atoms. The van der Waals surface area contributed by atoms with Crippen LogP contribution >= 0.6 is 23.2 Å². The van der Waals surface area contributed by atoms with E-state index in [9.17, 15) is 4.79 Å². The van der Waals surface area contributed by atoms with Crippen LogP contribution in [0, 0.1) is 0 Å². The third-order valence-corrected chi connectivity index (χ3v) is 3.15. The number of rotatable bonds is 5. The molecule has 1 aromatic rings. The van der Waals surface area contributed by atoms with Crippen LogP contribution in [0.5, 0.6) is 0 Å². The van der Waals surface area contributed by atoms with E-state index in [2.05, 4.69) is 5.53 Å². The van der Waals surface area contributed by atoms with E-state index < -0.39 is 12.1 Å². The third-order valence-electron chi connectivity index (χ3n) is 2.62. The van der Waals surface area contributed by atoms with Crippen molar-refractivity contribution >= 4 is 34.9 Å². The number of esters is 1. The molecule has 1 aliphatic rings. The van der Waals surface area contributed by atoms with E-state index >= 15 is 0 Å². The van der Waals surface area contributed by atoms with Crippen molar-refractivity contribution < 1.29 is 14.4 Å². The highest BCUT2D eigenvalue weighted by molar-refractivity contribution is 6.36. The summed E-state index contributed by atoms with van der Waals surface area (Å²) in [6.07, 6.45) is 2.58. The molecular formula is C13H15Cl2N3O3. The molecule has 0 aromatic heterocycles. The summed E-state index contributed by atoms with van der Waals surface area (Å²) in [6.45, 7) is 3.65. The fraction of sp³-hybridized carbons (Fsp3) is 0.308. The first-order chi connectivity index (χ1) is 10.0. The summed E-state index contributed by atoms with van der Waals surface area (Å²) < 4.78 is 4.87. The van der Waals surface area contributed by atoms with Crippen LogP contribution in [0.4, 0.5) is 5.69 Å². The second-order valence-corrected chi connectivity index (χ2v) is 5.03. The van der Waals surface area contributed by atoms with Gasteiger partial charge in [0, 0.05) is 11.2 Å². The Morgan fingerprint density at radius 2 is 2.14 bits per heavy atom. The minimum Gasteiger partial charge on any atom is -0.464 e. The van der Waals surface area contributed by atoms with Crippen molar-refractivity contribution in [3.05, 3.63) is 40.6 Å². The van der Waals surface area contributed by atoms with Gasteiger partial charge >= 0.3 is 5.97 Å². The number of benzene rings is 1. The summed E-state index contributed by atoms with van der Waals surface area (Å²) in [5, 5.41) is 3.97. The standard InChI is InChI=1S/C13H15Cl2N3O3/c1-3-20-13(19)9(2)21-18-7-6-17(16-18)12-5-4-10(14)8-11(12)15/h4-9,16H,3H2,1-2H3. The lowest BCUT2D eigenvalue weighted by atomic mass is 10.3. The topological polar surface area (TPSA) is 54.0 Å². The van der Waals surface area contributed by atoms with Gasteiger partial charge in [0.15, 0.2) is 6.10 Å². The van der Waals surface area contributed by atoms with Gasteiger partial charge in [-0.25, -0.2) is 9.63 Å². The highest BCUT2D eigenvalue weighted by Crippen LogP contribution is 2.29. The molecule has 1 unspecified atom stereocenters. The van der Waals surface area contributed by atoms with Gasteiger partial charge in [-0.2, -0.15) is 5.17 Å². The number of hydroxylamine groups is 1. The van der Waals surface area contributed by atoms with Gasteiger partial charge in [-0.05, 0) is 32.0 Å². The molecule has 0 spiro atoms. The number of hydrogen-bond donors (Lipinski definition) is 1. The first-order valence-electron chi connectivity index (χ1n) is 6.32. The number of nitrogens with zero attached hydrogens (tertiary/aromatic N) is 2. The first kappa shape index (κ1) is 15.9. The van der Waals surface area contributed by atoms with Crippen LogP contribution < -0.4 is 10.5 Å². The Kier molecular flexibility index (Phi) is 5.30. The Balaban J connectivity index is 1.95. The van der Waals surface area contributed by atoms with Crippen molar-refractivity contribution in [2.24, 2.45) is 0 Å². The highest BCUT2D eigenvalue weighted by Gasteiger charge is 2.22. The number of ether oxygens (including phenoxy) is 1. The lowest BCUT2D eigenvalue weighted by molar-refractivity contribution is -0.205. The van der Waals surface area contributed by atoms with Crippen LogP contribution in [0.3, 0.4) is 0 Å². The van der Waals surface area contributed by atoms with Crippen molar-refractivity contribution in [2.45, 2.75) is 20.0 Å². The molecule has 114 valence electrons. The van der Waals surface area contributed by atoms with Gasteiger partial charge in [-0.3, -0.25) is 5.01 Å². The normalized spacial score (nSPS) is 15.4. The molecule has 0 aliphatic carbocycles. The maximum Gasteiger partial charge on any atom is 0.337 e. The SMILES string of the molecule is CCOC(=O)C(C)ON1C=CN(c2ccc(Cl)cc2Cl)N1. The van der Waals surface area contributed by atoms with Gasteiger partial charge in [0.1, 0.15) is 0 Å². The van der Waals surface area contributed by atoms with Crippen LogP contribution in [0.15, 0.2) is 30.6 Å². The minimum absolute atomic E-state index is 0.308. The first-order valence-corrected chi connectivity index (χ1v) is 7.08. The zero-order valence-corrected chi connectivity index (χ0v) is 13.1. The molecule has 0 radical (unpaired) electrons. The van der Waals surface area contributed by atoms with Crippen molar-refractivity contribution in [3.63, 3.8) is 0 Å². The van der Waals surface area contributed by atoms with E-state index in [4.69, 9.17) is 32.8 Å². The Labute approximate surface area is 132 Å². The van der Waals surface area contributed by atoms with Gasteiger partial charge in [0.05, 0.1) is 23.5 Å². The number of nitrogens with one attached hydrogen (secondary N) is 1. The zero-order chi connectivity index (χ0) is 15.4. The fourth-order valence-corrected chi connectivity index (χ4v) is 2.14. The predicted molar refractivity (Wildman–Crippen MR) is 80.2 cm³/mol. The molecule has 2 rings (SSSR count). The molecule has 1 N–H and O–H groups in total. The van der Waals surface area contributed by atoms with Crippen molar-refractivity contribution in [1.82, 2.24) is 10.7 Å². The number of anilines is 1. The van der Waals surface area contributed by atoms with E-state index in [0.717, 1.165) is 0 Å². The van der Waals surface area contributed by atoms with Gasteiger partial charge in [-0.1, -0.05) is 23.2 Å². The van der Waals surface area contributed by atoms with E-state index in [1.54, 1.807) is 49.5 Å². The lowest BCUT2D eigenvalue weighted by Crippen LogP contribution is -2.42. The maximum atomic E-state index is 11.5. The number of hydrazine groups is 2. The summed E-state index contributed by atoms with van der Waals surface area (Å²) >= 11 is 12.0. The molecule has 0 saturated carbocycles. The van der Waals surface area contributed by atoms with Crippen LogP contribution in [0.1, 0.15) is 13.8 Å². The van der Waals surface area contributed by atoms with E-state index in [0.29, 0.717) is 22.3 Å². The van der Waals surface area contributed by atoms with Crippen LogP contribution in [0.25, 0.3) is 0 Å². The molecular weight excluding hydrogens is 317 g/mol. The van der Waals surface area contributed by atoms with Crippen LogP contribution in [0.2, 0.25) is 10.0 Å². The van der Waals surface area contributed by atoms with E-state index in [-0.39, 0.29) is 0 Å². The molecule has 1 aliphatic heterocycles. The lowest BCUT2D eigenvalue weighted by Gasteiger charge is -2.24. The third kappa shape index (κ3) is 4.01.